The summed E-state index contributed by atoms with van der Waals surface area (Å²) in [6, 6.07) is 14.7. The molecule has 6 rings (SSSR count). The normalized spacial score (nSPS) is 29.2. The summed E-state index contributed by atoms with van der Waals surface area (Å²) in [5.74, 6) is 4.55. The van der Waals surface area contributed by atoms with E-state index in [1.54, 1.807) is 0 Å². The zero-order chi connectivity index (χ0) is 22.1. The number of rotatable bonds is 9. The van der Waals surface area contributed by atoms with Gasteiger partial charge in [0.1, 0.15) is 6.61 Å². The Labute approximate surface area is 197 Å². The molecule has 4 heteroatoms. The molecule has 172 valence electrons. The molecule has 1 N–H and O–H groups in total. The van der Waals surface area contributed by atoms with Crippen LogP contribution in [0.4, 0.5) is 0 Å². The van der Waals surface area contributed by atoms with Crippen LogP contribution < -0.4 is 14.8 Å². The summed E-state index contributed by atoms with van der Waals surface area (Å²) in [5.41, 5.74) is 2.75. The fraction of sp³-hybridized carbons (Fsp3) is 0.571. The summed E-state index contributed by atoms with van der Waals surface area (Å²) in [6.45, 7) is 6.35. The Bertz CT molecular complexity index is 907. The van der Waals surface area contributed by atoms with E-state index in [4.69, 9.17) is 21.1 Å². The van der Waals surface area contributed by atoms with Gasteiger partial charge in [-0.1, -0.05) is 35.9 Å². The van der Waals surface area contributed by atoms with Crippen molar-refractivity contribution in [3.8, 4) is 11.5 Å². The van der Waals surface area contributed by atoms with Crippen molar-refractivity contribution in [2.45, 2.75) is 71.6 Å². The van der Waals surface area contributed by atoms with Crippen molar-refractivity contribution in [3.63, 3.8) is 0 Å². The number of nitrogens with one attached hydrogen (secondary N) is 1. The molecule has 0 aliphatic heterocycles. The highest BCUT2D eigenvalue weighted by Gasteiger charge is 2.52. The van der Waals surface area contributed by atoms with Crippen LogP contribution in [0.1, 0.15) is 63.5 Å². The van der Waals surface area contributed by atoms with E-state index in [-0.39, 0.29) is 0 Å². The smallest absolute Gasteiger partial charge is 0.161 e. The Hall–Kier alpha value is -1.71. The van der Waals surface area contributed by atoms with Gasteiger partial charge in [0.25, 0.3) is 0 Å². The largest absolute Gasteiger partial charge is 0.490 e. The molecule has 4 fully saturated rings. The van der Waals surface area contributed by atoms with Crippen LogP contribution in [0.2, 0.25) is 5.02 Å². The molecule has 1 unspecified atom stereocenters. The van der Waals surface area contributed by atoms with E-state index in [1.807, 2.05) is 37.3 Å². The van der Waals surface area contributed by atoms with Gasteiger partial charge >= 0.3 is 0 Å². The lowest BCUT2D eigenvalue weighted by atomic mass is 9.48. The molecule has 4 aliphatic rings. The summed E-state index contributed by atoms with van der Waals surface area (Å²) < 4.78 is 12.0. The molecule has 0 radical (unpaired) electrons. The lowest BCUT2D eigenvalue weighted by Gasteiger charge is -2.59. The maximum absolute atomic E-state index is 6.28. The third-order valence-electron chi connectivity index (χ3n) is 8.27. The zero-order valence-electron chi connectivity index (χ0n) is 19.4. The van der Waals surface area contributed by atoms with Gasteiger partial charge in [0.15, 0.2) is 11.5 Å². The third-order valence-corrected chi connectivity index (χ3v) is 8.63. The Morgan fingerprint density at radius 3 is 2.31 bits per heavy atom. The summed E-state index contributed by atoms with van der Waals surface area (Å²) >= 11 is 6.28. The first-order valence-corrected chi connectivity index (χ1v) is 12.8. The van der Waals surface area contributed by atoms with Gasteiger partial charge in [-0.2, -0.15) is 0 Å². The summed E-state index contributed by atoms with van der Waals surface area (Å²) in [5, 5.41) is 4.62. The van der Waals surface area contributed by atoms with Crippen LogP contribution >= 0.6 is 11.6 Å². The van der Waals surface area contributed by atoms with Crippen molar-refractivity contribution in [2.24, 2.45) is 23.2 Å². The number of hydrogen-bond acceptors (Lipinski definition) is 3. The maximum atomic E-state index is 6.28. The lowest BCUT2D eigenvalue weighted by molar-refractivity contribution is -0.0706. The first kappa shape index (κ1) is 22.1. The molecule has 4 bridgehead atoms. The van der Waals surface area contributed by atoms with Crippen molar-refractivity contribution in [1.29, 1.82) is 0 Å². The molecule has 32 heavy (non-hydrogen) atoms. The Morgan fingerprint density at radius 2 is 1.66 bits per heavy atom. The summed E-state index contributed by atoms with van der Waals surface area (Å²) in [7, 11) is 0. The van der Waals surface area contributed by atoms with Crippen molar-refractivity contribution in [1.82, 2.24) is 5.32 Å². The molecular formula is C28H36ClNO2. The van der Waals surface area contributed by atoms with Gasteiger partial charge in [0.2, 0.25) is 0 Å². The molecule has 1 atom stereocenters. The highest BCUT2D eigenvalue weighted by Crippen LogP contribution is 2.61. The molecule has 0 spiro atoms. The monoisotopic (exact) mass is 453 g/mol. The molecule has 0 amide bonds. The second-order valence-corrected chi connectivity index (χ2v) is 10.9. The van der Waals surface area contributed by atoms with Crippen molar-refractivity contribution in [2.75, 3.05) is 6.61 Å². The molecule has 3 nitrogen and oxygen atoms in total. The van der Waals surface area contributed by atoms with Crippen LogP contribution in [0.3, 0.4) is 0 Å². The van der Waals surface area contributed by atoms with Gasteiger partial charge < -0.3 is 14.8 Å². The fourth-order valence-corrected chi connectivity index (χ4v) is 7.21. The molecule has 0 saturated heterocycles. The van der Waals surface area contributed by atoms with Crippen molar-refractivity contribution in [3.05, 3.63) is 58.6 Å². The topological polar surface area (TPSA) is 30.5 Å². The van der Waals surface area contributed by atoms with E-state index in [0.717, 1.165) is 46.4 Å². The van der Waals surface area contributed by atoms with Crippen LogP contribution in [0, 0.1) is 23.2 Å². The predicted molar refractivity (Wildman–Crippen MR) is 130 cm³/mol. The average Bonchev–Trinajstić information content (AvgIpc) is 2.77. The fourth-order valence-electron chi connectivity index (χ4n) is 7.02. The number of benzene rings is 2. The molecule has 0 heterocycles. The van der Waals surface area contributed by atoms with Crippen molar-refractivity contribution >= 4 is 11.6 Å². The summed E-state index contributed by atoms with van der Waals surface area (Å²) in [4.78, 5) is 0. The second-order valence-electron chi connectivity index (χ2n) is 10.5. The predicted octanol–water partition coefficient (Wildman–Crippen LogP) is 7.01. The first-order valence-electron chi connectivity index (χ1n) is 12.4. The van der Waals surface area contributed by atoms with E-state index < -0.39 is 0 Å². The lowest BCUT2D eigenvalue weighted by Crippen LogP contribution is -2.54. The zero-order valence-corrected chi connectivity index (χ0v) is 20.2. The van der Waals surface area contributed by atoms with Gasteiger partial charge in [-0.15, -0.1) is 0 Å². The van der Waals surface area contributed by atoms with Gasteiger partial charge in [-0.05, 0) is 99.3 Å². The third kappa shape index (κ3) is 4.52. The van der Waals surface area contributed by atoms with E-state index in [9.17, 15) is 0 Å². The van der Waals surface area contributed by atoms with E-state index in [0.29, 0.717) is 24.7 Å². The van der Waals surface area contributed by atoms with Gasteiger partial charge in [-0.3, -0.25) is 0 Å². The van der Waals surface area contributed by atoms with E-state index in [2.05, 4.69) is 24.4 Å². The molecular weight excluding hydrogens is 418 g/mol. The standard InChI is InChI=1S/C28H36ClNO2/c1-3-31-27-13-20(8-9-26(27)32-18-24-6-4-5-7-25(24)29)17-30-19(2)28-14-21-10-22(15-28)12-23(11-21)16-28/h4-9,13,19,21-23,30H,3,10-12,14-18H2,1-2H3. The average molecular weight is 454 g/mol. The molecule has 2 aromatic carbocycles. The minimum atomic E-state index is 0.431. The van der Waals surface area contributed by atoms with Crippen LogP contribution in [0.25, 0.3) is 0 Å². The van der Waals surface area contributed by atoms with E-state index >= 15 is 0 Å². The van der Waals surface area contributed by atoms with Crippen molar-refractivity contribution < 1.29 is 9.47 Å². The number of hydrogen-bond donors (Lipinski definition) is 1. The molecule has 4 saturated carbocycles. The van der Waals surface area contributed by atoms with Gasteiger partial charge in [0, 0.05) is 23.2 Å². The minimum absolute atomic E-state index is 0.431. The maximum Gasteiger partial charge on any atom is 0.161 e. The van der Waals surface area contributed by atoms with Crippen LogP contribution in [-0.4, -0.2) is 12.6 Å². The van der Waals surface area contributed by atoms with Gasteiger partial charge in [0.05, 0.1) is 6.61 Å². The molecule has 0 aromatic heterocycles. The summed E-state index contributed by atoms with van der Waals surface area (Å²) in [6.07, 6.45) is 8.81. The van der Waals surface area contributed by atoms with E-state index in [1.165, 1.54) is 44.1 Å². The molecule has 4 aliphatic carbocycles. The highest BCUT2D eigenvalue weighted by atomic mass is 35.5. The Morgan fingerprint density at radius 1 is 0.969 bits per heavy atom. The van der Waals surface area contributed by atoms with Crippen LogP contribution in [0.15, 0.2) is 42.5 Å². The number of halogens is 1. The molecule has 2 aromatic rings. The number of ether oxygens (including phenoxy) is 2. The Balaban J connectivity index is 1.23. The Kier molecular flexibility index (Phi) is 6.40. The first-order chi connectivity index (χ1) is 15.5. The quantitative estimate of drug-likeness (QED) is 0.442. The SMILES string of the molecule is CCOc1cc(CNC(C)C23CC4CC(CC(C4)C2)C3)ccc1OCc1ccccc1Cl. The van der Waals surface area contributed by atoms with Crippen LogP contribution in [0.5, 0.6) is 11.5 Å². The highest BCUT2D eigenvalue weighted by molar-refractivity contribution is 6.31. The second kappa shape index (κ2) is 9.27. The van der Waals surface area contributed by atoms with Crippen LogP contribution in [-0.2, 0) is 13.2 Å². The van der Waals surface area contributed by atoms with Gasteiger partial charge in [-0.25, -0.2) is 0 Å². The minimum Gasteiger partial charge on any atom is -0.490 e.